The summed E-state index contributed by atoms with van der Waals surface area (Å²) < 4.78 is 4.84. The van der Waals surface area contributed by atoms with E-state index in [-0.39, 0.29) is 0 Å². The number of para-hydroxylation sites is 2. The van der Waals surface area contributed by atoms with E-state index in [2.05, 4.69) is 240 Å². The van der Waals surface area contributed by atoms with Crippen LogP contribution in [0.3, 0.4) is 0 Å². The Hall–Kier alpha value is -8.27. The van der Waals surface area contributed by atoms with Crippen LogP contribution in [0.2, 0.25) is 0 Å². The molecule has 0 fully saturated rings. The Morgan fingerprint density at radius 3 is 1.03 bits per heavy atom. The van der Waals surface area contributed by atoms with Gasteiger partial charge in [-0.1, -0.05) is 176 Å². The van der Waals surface area contributed by atoms with Gasteiger partial charge in [0.1, 0.15) is 0 Å². The van der Waals surface area contributed by atoms with Gasteiger partial charge in [-0.25, -0.2) is 4.98 Å². The van der Waals surface area contributed by atoms with Crippen LogP contribution in [0.25, 0.3) is 111 Å². The van der Waals surface area contributed by atoms with Gasteiger partial charge in [0.15, 0.2) is 0 Å². The average molecular weight is 790 g/mol. The fraction of sp³-hybridized carbons (Fsp3) is 0. The van der Waals surface area contributed by atoms with Gasteiger partial charge in [-0.15, -0.1) is 0 Å². The molecule has 0 saturated heterocycles. The maximum atomic E-state index is 5.21. The fourth-order valence-electron chi connectivity index (χ4n) is 9.29. The molecular weight excluding hydrogens is 751 g/mol. The third kappa shape index (κ3) is 6.10. The van der Waals surface area contributed by atoms with Crippen molar-refractivity contribution in [3.8, 4) is 67.3 Å². The number of hydrogen-bond donors (Lipinski definition) is 0. The van der Waals surface area contributed by atoms with E-state index in [4.69, 9.17) is 4.98 Å². The molecule has 0 bridgehead atoms. The Bertz CT molecular complexity index is 3510. The first-order valence-electron chi connectivity index (χ1n) is 21.2. The summed E-state index contributed by atoms with van der Waals surface area (Å²) >= 11 is 0. The lowest BCUT2D eigenvalue weighted by atomic mass is 10.00. The molecule has 0 aliphatic carbocycles. The molecule has 0 aliphatic heterocycles. The van der Waals surface area contributed by atoms with Crippen molar-refractivity contribution in [2.24, 2.45) is 0 Å². The lowest BCUT2D eigenvalue weighted by molar-refractivity contribution is 1.16. The van der Waals surface area contributed by atoms with E-state index in [0.29, 0.717) is 0 Å². The first kappa shape index (κ1) is 35.7. The Balaban J connectivity index is 0.973. The highest BCUT2D eigenvalue weighted by Crippen LogP contribution is 2.40. The second-order valence-electron chi connectivity index (χ2n) is 16.0. The van der Waals surface area contributed by atoms with Crippen molar-refractivity contribution >= 4 is 43.6 Å². The number of benzene rings is 9. The van der Waals surface area contributed by atoms with Crippen molar-refractivity contribution < 1.29 is 0 Å². The third-order valence-corrected chi connectivity index (χ3v) is 12.3. The Kier molecular flexibility index (Phi) is 8.50. The van der Waals surface area contributed by atoms with Crippen LogP contribution in [0.15, 0.2) is 237 Å². The minimum atomic E-state index is 0.945. The second-order valence-corrected chi connectivity index (χ2v) is 16.0. The Labute approximate surface area is 360 Å². The number of pyridine rings is 1. The van der Waals surface area contributed by atoms with Gasteiger partial charge in [0, 0.05) is 44.0 Å². The predicted octanol–water partition coefficient (Wildman–Crippen LogP) is 15.6. The van der Waals surface area contributed by atoms with Crippen molar-refractivity contribution in [1.82, 2.24) is 14.1 Å². The molecule has 0 radical (unpaired) electrons. The van der Waals surface area contributed by atoms with E-state index in [1.165, 1.54) is 71.4 Å². The minimum absolute atomic E-state index is 0.945. The maximum Gasteiger partial charge on any atom is 0.0715 e. The highest BCUT2D eigenvalue weighted by Gasteiger charge is 2.19. The summed E-state index contributed by atoms with van der Waals surface area (Å²) in [6.45, 7) is 0. The maximum absolute atomic E-state index is 5.21. The first-order chi connectivity index (χ1) is 30.7. The van der Waals surface area contributed by atoms with Crippen molar-refractivity contribution in [2.75, 3.05) is 0 Å². The Morgan fingerprint density at radius 2 is 0.565 bits per heavy atom. The molecular formula is C59H39N3. The molecule has 3 heterocycles. The van der Waals surface area contributed by atoms with E-state index in [0.717, 1.165) is 39.5 Å². The number of rotatable bonds is 7. The van der Waals surface area contributed by atoms with Crippen LogP contribution in [0.5, 0.6) is 0 Å². The van der Waals surface area contributed by atoms with Crippen LogP contribution in [0.1, 0.15) is 0 Å². The van der Waals surface area contributed by atoms with E-state index in [1.807, 2.05) is 6.07 Å². The summed E-state index contributed by atoms with van der Waals surface area (Å²) in [6.07, 6.45) is 0. The lowest BCUT2D eigenvalue weighted by Gasteiger charge is -2.13. The number of nitrogens with zero attached hydrogens (tertiary/aromatic N) is 3. The van der Waals surface area contributed by atoms with Gasteiger partial charge < -0.3 is 9.13 Å². The zero-order valence-electron chi connectivity index (χ0n) is 33.9. The number of aromatic nitrogens is 3. The number of fused-ring (bicyclic) bond motifs is 6. The summed E-state index contributed by atoms with van der Waals surface area (Å²) in [4.78, 5) is 5.21. The molecule has 9 aromatic carbocycles. The zero-order chi connectivity index (χ0) is 41.0. The van der Waals surface area contributed by atoms with Crippen LogP contribution in [0.4, 0.5) is 0 Å². The lowest BCUT2D eigenvalue weighted by Crippen LogP contribution is -1.96. The van der Waals surface area contributed by atoms with E-state index >= 15 is 0 Å². The standard InChI is InChI=1S/C59H39N3/c1-4-14-40(15-5-1)42-24-26-43(27-25-42)44-28-32-48(33-29-44)61-56-22-12-10-20-50(56)52-38-53-51-21-11-13-23-57(51)62(59(53)39-58(52)61)49-34-30-46(31-35-49)55-37-47(41-16-6-2-7-17-41)36-54(60-55)45-18-8-3-9-19-45/h1-39H. The van der Waals surface area contributed by atoms with Crippen LogP contribution < -0.4 is 0 Å². The van der Waals surface area contributed by atoms with Gasteiger partial charge >= 0.3 is 0 Å². The van der Waals surface area contributed by atoms with Crippen molar-refractivity contribution in [1.29, 1.82) is 0 Å². The van der Waals surface area contributed by atoms with E-state index < -0.39 is 0 Å². The van der Waals surface area contributed by atoms with Crippen LogP contribution in [0, 0.1) is 0 Å². The smallest absolute Gasteiger partial charge is 0.0715 e. The molecule has 0 aliphatic rings. The average Bonchev–Trinajstić information content (AvgIpc) is 3.86. The Morgan fingerprint density at radius 1 is 0.226 bits per heavy atom. The van der Waals surface area contributed by atoms with Crippen molar-refractivity contribution in [3.63, 3.8) is 0 Å². The van der Waals surface area contributed by atoms with Gasteiger partial charge in [-0.3, -0.25) is 0 Å². The molecule has 0 amide bonds. The molecule has 12 aromatic rings. The summed E-state index contributed by atoms with van der Waals surface area (Å²) in [5.41, 5.74) is 18.2. The highest BCUT2D eigenvalue weighted by molar-refractivity contribution is 6.19. The fourth-order valence-corrected chi connectivity index (χ4v) is 9.29. The molecule has 3 nitrogen and oxygen atoms in total. The number of hydrogen-bond acceptors (Lipinski definition) is 1. The molecule has 290 valence electrons. The largest absolute Gasteiger partial charge is 0.309 e. The third-order valence-electron chi connectivity index (χ3n) is 12.3. The SMILES string of the molecule is c1ccc(-c2ccc(-c3ccc(-n4c5ccccc5c5cc6c7ccccc7n(-c7ccc(-c8cc(-c9ccccc9)cc(-c9ccccc9)n8)cc7)c6cc54)cc3)cc2)cc1. The monoisotopic (exact) mass is 789 g/mol. The topological polar surface area (TPSA) is 22.8 Å². The van der Waals surface area contributed by atoms with Crippen molar-refractivity contribution in [2.45, 2.75) is 0 Å². The van der Waals surface area contributed by atoms with Crippen LogP contribution in [-0.4, -0.2) is 14.1 Å². The first-order valence-corrected chi connectivity index (χ1v) is 21.2. The quantitative estimate of drug-likeness (QED) is 0.158. The molecule has 3 aromatic heterocycles. The van der Waals surface area contributed by atoms with Crippen LogP contribution >= 0.6 is 0 Å². The minimum Gasteiger partial charge on any atom is -0.309 e. The molecule has 3 heteroatoms. The molecule has 0 atom stereocenters. The van der Waals surface area contributed by atoms with E-state index in [1.54, 1.807) is 0 Å². The van der Waals surface area contributed by atoms with Gasteiger partial charge in [-0.2, -0.15) is 0 Å². The summed E-state index contributed by atoms with van der Waals surface area (Å²) in [7, 11) is 0. The normalized spacial score (nSPS) is 11.5. The summed E-state index contributed by atoms with van der Waals surface area (Å²) in [5, 5.41) is 4.95. The second kappa shape index (κ2) is 14.8. The molecule has 0 spiro atoms. The molecule has 12 rings (SSSR count). The molecule has 0 unspecified atom stereocenters. The van der Waals surface area contributed by atoms with Gasteiger partial charge in [0.25, 0.3) is 0 Å². The molecule has 0 N–H and O–H groups in total. The van der Waals surface area contributed by atoms with Gasteiger partial charge in [0.2, 0.25) is 0 Å². The predicted molar refractivity (Wildman–Crippen MR) is 260 cm³/mol. The van der Waals surface area contributed by atoms with Crippen molar-refractivity contribution in [3.05, 3.63) is 237 Å². The highest BCUT2D eigenvalue weighted by atomic mass is 15.0. The summed E-state index contributed by atoms with van der Waals surface area (Å²) in [6, 6.07) is 85.1. The van der Waals surface area contributed by atoms with E-state index in [9.17, 15) is 0 Å². The molecule has 62 heavy (non-hydrogen) atoms. The van der Waals surface area contributed by atoms with Gasteiger partial charge in [0.05, 0.1) is 33.5 Å². The summed E-state index contributed by atoms with van der Waals surface area (Å²) in [5.74, 6) is 0. The molecule has 0 saturated carbocycles. The van der Waals surface area contributed by atoms with Crippen LogP contribution in [-0.2, 0) is 0 Å². The zero-order valence-corrected chi connectivity index (χ0v) is 33.9. The van der Waals surface area contributed by atoms with Gasteiger partial charge in [-0.05, 0) is 94.0 Å².